The highest BCUT2D eigenvalue weighted by atomic mass is 16.7. The molecule has 0 aromatic heterocycles. The Morgan fingerprint density at radius 2 is 1.78 bits per heavy atom. The number of rotatable bonds is 7. The summed E-state index contributed by atoms with van der Waals surface area (Å²) in [5.74, 6) is 0.377. The molecule has 0 saturated carbocycles. The van der Waals surface area contributed by atoms with E-state index in [0.717, 1.165) is 5.56 Å². The van der Waals surface area contributed by atoms with Gasteiger partial charge in [0, 0.05) is 6.61 Å². The van der Waals surface area contributed by atoms with Crippen LogP contribution in [0.25, 0.3) is 6.08 Å². The lowest BCUT2D eigenvalue weighted by Gasteiger charge is -2.16. The average Bonchev–Trinajstić information content (AvgIpc) is 2.57. The Labute approximate surface area is 136 Å². The van der Waals surface area contributed by atoms with Crippen molar-refractivity contribution in [1.29, 1.82) is 0 Å². The van der Waals surface area contributed by atoms with Crippen molar-refractivity contribution in [3.05, 3.63) is 66.2 Å². The van der Waals surface area contributed by atoms with E-state index in [1.54, 1.807) is 43.3 Å². The van der Waals surface area contributed by atoms with Crippen LogP contribution in [0.15, 0.2) is 55.1 Å². The number of hydrogen-bond acceptors (Lipinski definition) is 4. The molecule has 0 aliphatic heterocycles. The standard InChI is InChI=1S/C19H20O4/c1-4-15-10-12-16(13-11-15)19(20)23-18-9-7-6-8-17(18)22-14(3)21-5-2/h4,6-14H,1,5H2,2-3H3. The lowest BCUT2D eigenvalue weighted by atomic mass is 10.1. The average molecular weight is 312 g/mol. The van der Waals surface area contributed by atoms with Crippen molar-refractivity contribution in [3.63, 3.8) is 0 Å². The summed E-state index contributed by atoms with van der Waals surface area (Å²) >= 11 is 0. The van der Waals surface area contributed by atoms with E-state index in [9.17, 15) is 4.79 Å². The van der Waals surface area contributed by atoms with Crippen LogP contribution in [-0.2, 0) is 4.74 Å². The summed E-state index contributed by atoms with van der Waals surface area (Å²) in [5.41, 5.74) is 1.40. The molecule has 0 fully saturated rings. The van der Waals surface area contributed by atoms with E-state index >= 15 is 0 Å². The minimum atomic E-state index is -0.444. The lowest BCUT2D eigenvalue weighted by Crippen LogP contribution is -2.17. The molecule has 1 unspecified atom stereocenters. The summed E-state index contributed by atoms with van der Waals surface area (Å²) in [5, 5.41) is 0. The fourth-order valence-electron chi connectivity index (χ4n) is 1.99. The van der Waals surface area contributed by atoms with E-state index in [4.69, 9.17) is 14.2 Å². The quantitative estimate of drug-likeness (QED) is 0.434. The Balaban J connectivity index is 2.12. The van der Waals surface area contributed by atoms with Crippen LogP contribution >= 0.6 is 0 Å². The van der Waals surface area contributed by atoms with E-state index < -0.39 is 12.3 Å². The van der Waals surface area contributed by atoms with Crippen molar-refractivity contribution in [3.8, 4) is 11.5 Å². The van der Waals surface area contributed by atoms with E-state index in [1.807, 2.05) is 25.1 Å². The van der Waals surface area contributed by atoms with Crippen LogP contribution in [0.2, 0.25) is 0 Å². The van der Waals surface area contributed by atoms with Crippen LogP contribution in [0.4, 0.5) is 0 Å². The first-order valence-electron chi connectivity index (χ1n) is 7.46. The third kappa shape index (κ3) is 4.69. The molecule has 0 radical (unpaired) electrons. The van der Waals surface area contributed by atoms with Crippen LogP contribution in [-0.4, -0.2) is 18.9 Å². The first-order chi connectivity index (χ1) is 11.1. The van der Waals surface area contributed by atoms with Crippen molar-refractivity contribution < 1.29 is 19.0 Å². The zero-order valence-electron chi connectivity index (χ0n) is 13.3. The summed E-state index contributed by atoms with van der Waals surface area (Å²) in [6.45, 7) is 7.90. The third-order valence-electron chi connectivity index (χ3n) is 3.13. The molecule has 0 spiro atoms. The predicted octanol–water partition coefficient (Wildman–Crippen LogP) is 4.31. The van der Waals surface area contributed by atoms with Gasteiger partial charge in [-0.15, -0.1) is 0 Å². The summed E-state index contributed by atoms with van der Waals surface area (Å²) in [4.78, 5) is 12.2. The molecule has 0 saturated heterocycles. The number of carbonyl (C=O) groups excluding carboxylic acids is 1. The topological polar surface area (TPSA) is 44.8 Å². The number of esters is 1. The first-order valence-corrected chi connectivity index (χ1v) is 7.46. The maximum absolute atomic E-state index is 12.2. The predicted molar refractivity (Wildman–Crippen MR) is 89.6 cm³/mol. The summed E-state index contributed by atoms with van der Waals surface area (Å²) in [6, 6.07) is 14.0. The molecule has 0 aliphatic rings. The van der Waals surface area contributed by atoms with Gasteiger partial charge < -0.3 is 14.2 Å². The molecular weight excluding hydrogens is 292 g/mol. The molecule has 4 nitrogen and oxygen atoms in total. The van der Waals surface area contributed by atoms with Gasteiger partial charge >= 0.3 is 5.97 Å². The largest absolute Gasteiger partial charge is 0.461 e. The minimum absolute atomic E-state index is 0.358. The normalized spacial score (nSPS) is 11.6. The van der Waals surface area contributed by atoms with Crippen molar-refractivity contribution >= 4 is 12.0 Å². The molecule has 0 amide bonds. The third-order valence-corrected chi connectivity index (χ3v) is 3.13. The fraction of sp³-hybridized carbons (Fsp3) is 0.211. The number of benzene rings is 2. The number of carbonyl (C=O) groups is 1. The molecule has 2 rings (SSSR count). The maximum Gasteiger partial charge on any atom is 0.343 e. The Morgan fingerprint density at radius 3 is 2.39 bits per heavy atom. The molecule has 2 aromatic rings. The van der Waals surface area contributed by atoms with E-state index in [2.05, 4.69) is 6.58 Å². The Morgan fingerprint density at radius 1 is 1.13 bits per heavy atom. The van der Waals surface area contributed by atoms with E-state index in [1.165, 1.54) is 0 Å². The summed E-state index contributed by atoms with van der Waals surface area (Å²) in [6.07, 6.45) is 1.29. The molecule has 1 atom stereocenters. The highest BCUT2D eigenvalue weighted by Crippen LogP contribution is 2.28. The molecule has 0 aliphatic carbocycles. The van der Waals surface area contributed by atoms with Gasteiger partial charge in [0.15, 0.2) is 17.8 Å². The van der Waals surface area contributed by atoms with Crippen LogP contribution in [0.1, 0.15) is 29.8 Å². The SMILES string of the molecule is C=Cc1ccc(C(=O)Oc2ccccc2OC(C)OCC)cc1. The van der Waals surface area contributed by atoms with E-state index in [0.29, 0.717) is 23.7 Å². The Kier molecular flexibility index (Phi) is 5.94. The van der Waals surface area contributed by atoms with Crippen molar-refractivity contribution in [2.75, 3.05) is 6.61 Å². The monoisotopic (exact) mass is 312 g/mol. The lowest BCUT2D eigenvalue weighted by molar-refractivity contribution is -0.0623. The van der Waals surface area contributed by atoms with Gasteiger partial charge in [0.2, 0.25) is 0 Å². The van der Waals surface area contributed by atoms with E-state index in [-0.39, 0.29) is 0 Å². The molecule has 120 valence electrons. The maximum atomic E-state index is 12.2. The Hall–Kier alpha value is -2.59. The van der Waals surface area contributed by atoms with Gasteiger partial charge in [-0.3, -0.25) is 0 Å². The van der Waals surface area contributed by atoms with Crippen molar-refractivity contribution in [2.24, 2.45) is 0 Å². The second-order valence-corrected chi connectivity index (χ2v) is 4.80. The van der Waals surface area contributed by atoms with Crippen molar-refractivity contribution in [1.82, 2.24) is 0 Å². The molecule has 2 aromatic carbocycles. The van der Waals surface area contributed by atoms with Gasteiger partial charge in [0.25, 0.3) is 0 Å². The van der Waals surface area contributed by atoms with Gasteiger partial charge in [-0.2, -0.15) is 0 Å². The fourth-order valence-corrected chi connectivity index (χ4v) is 1.99. The second-order valence-electron chi connectivity index (χ2n) is 4.80. The number of hydrogen-bond donors (Lipinski definition) is 0. The molecule has 23 heavy (non-hydrogen) atoms. The zero-order valence-corrected chi connectivity index (χ0v) is 13.3. The number of para-hydroxylation sites is 2. The summed E-state index contributed by atoms with van der Waals surface area (Å²) in [7, 11) is 0. The van der Waals surface area contributed by atoms with Crippen LogP contribution in [0, 0.1) is 0 Å². The van der Waals surface area contributed by atoms with Crippen LogP contribution in [0.5, 0.6) is 11.5 Å². The minimum Gasteiger partial charge on any atom is -0.461 e. The Bertz CT molecular complexity index is 661. The molecular formula is C19H20O4. The molecule has 0 N–H and O–H groups in total. The highest BCUT2D eigenvalue weighted by molar-refractivity contribution is 5.91. The zero-order chi connectivity index (χ0) is 16.7. The first kappa shape index (κ1) is 16.8. The van der Waals surface area contributed by atoms with Crippen LogP contribution in [0.3, 0.4) is 0 Å². The summed E-state index contributed by atoms with van der Waals surface area (Å²) < 4.78 is 16.4. The molecule has 0 bridgehead atoms. The number of ether oxygens (including phenoxy) is 3. The highest BCUT2D eigenvalue weighted by Gasteiger charge is 2.14. The van der Waals surface area contributed by atoms with Crippen LogP contribution < -0.4 is 9.47 Å². The van der Waals surface area contributed by atoms with Gasteiger partial charge in [0.05, 0.1) is 5.56 Å². The van der Waals surface area contributed by atoms with Gasteiger partial charge in [-0.25, -0.2) is 4.79 Å². The van der Waals surface area contributed by atoms with Gasteiger partial charge in [-0.05, 0) is 43.7 Å². The van der Waals surface area contributed by atoms with Gasteiger partial charge in [-0.1, -0.05) is 36.9 Å². The second kappa shape index (κ2) is 8.15. The van der Waals surface area contributed by atoms with Gasteiger partial charge in [0.1, 0.15) is 0 Å². The molecule has 0 heterocycles. The molecule has 4 heteroatoms. The van der Waals surface area contributed by atoms with Crippen molar-refractivity contribution in [2.45, 2.75) is 20.1 Å². The smallest absolute Gasteiger partial charge is 0.343 e.